The zero-order valence-electron chi connectivity index (χ0n) is 30.4. The number of ether oxygens (including phenoxy) is 2. The van der Waals surface area contributed by atoms with Gasteiger partial charge in [-0.1, -0.05) is 39.0 Å². The van der Waals surface area contributed by atoms with Crippen LogP contribution in [0.15, 0.2) is 48.5 Å². The van der Waals surface area contributed by atoms with Gasteiger partial charge in [0.25, 0.3) is 5.91 Å². The number of nitrogens with zero attached hydrogens (tertiary/aromatic N) is 4. The fourth-order valence-electron chi connectivity index (χ4n) is 7.22. The van der Waals surface area contributed by atoms with Crippen molar-refractivity contribution in [3.05, 3.63) is 48.5 Å². The maximum Gasteiger partial charge on any atom is 0.408 e. The first-order valence-corrected chi connectivity index (χ1v) is 20.7. The van der Waals surface area contributed by atoms with Crippen LogP contribution in [0.5, 0.6) is 5.88 Å². The number of aromatic nitrogens is 3. The molecule has 3 aromatic rings. The van der Waals surface area contributed by atoms with E-state index in [1.165, 1.54) is 22.3 Å². The first-order valence-electron chi connectivity index (χ1n) is 18.3. The minimum absolute atomic E-state index is 0.0103. The molecule has 1 aliphatic heterocycles. The molecule has 15 nitrogen and oxygen atoms in total. The van der Waals surface area contributed by atoms with Gasteiger partial charge in [0, 0.05) is 23.9 Å². The van der Waals surface area contributed by atoms with Crippen molar-refractivity contribution in [2.75, 3.05) is 6.54 Å². The number of nitrogens with one attached hydrogen (secondary N) is 3. The average molecular weight is 780 g/mol. The summed E-state index contributed by atoms with van der Waals surface area (Å²) in [5.41, 5.74) is -0.770. The number of thiazole rings is 1. The lowest BCUT2D eigenvalue weighted by atomic mass is 9.85. The van der Waals surface area contributed by atoms with Crippen LogP contribution in [0, 0.1) is 11.3 Å². The number of likely N-dealkylation sites (tertiary alicyclic amines) is 1. The summed E-state index contributed by atoms with van der Waals surface area (Å²) in [6.07, 6.45) is 5.85. The summed E-state index contributed by atoms with van der Waals surface area (Å²) in [7, 11) is -3.91. The van der Waals surface area contributed by atoms with E-state index in [9.17, 15) is 27.6 Å². The predicted molar refractivity (Wildman–Crippen MR) is 200 cm³/mol. The van der Waals surface area contributed by atoms with Crippen LogP contribution in [0.3, 0.4) is 0 Å². The van der Waals surface area contributed by atoms with E-state index in [1.807, 2.05) is 18.2 Å². The minimum atomic E-state index is -3.91. The molecule has 5 atom stereocenters. The average Bonchev–Trinajstić information content (AvgIpc) is 3.88. The van der Waals surface area contributed by atoms with Crippen LogP contribution in [0.2, 0.25) is 0 Å². The number of hydrogen-bond donors (Lipinski definition) is 3. The van der Waals surface area contributed by atoms with E-state index in [1.54, 1.807) is 38.4 Å². The molecule has 0 radical (unpaired) electrons. The fraction of sp³-hybridized carbons (Fsp3) is 0.541. The van der Waals surface area contributed by atoms with E-state index < -0.39 is 74.1 Å². The molecule has 3 heterocycles. The van der Waals surface area contributed by atoms with Crippen molar-refractivity contribution in [2.45, 2.75) is 107 Å². The molecule has 288 valence electrons. The Bertz CT molecular complexity index is 2060. The Morgan fingerprint density at radius 2 is 1.76 bits per heavy atom. The molecule has 0 spiro atoms. The van der Waals surface area contributed by atoms with Gasteiger partial charge < -0.3 is 25.0 Å². The van der Waals surface area contributed by atoms with Gasteiger partial charge in [0.05, 0.1) is 22.8 Å². The van der Waals surface area contributed by atoms with E-state index in [0.29, 0.717) is 34.6 Å². The second-order valence-electron chi connectivity index (χ2n) is 15.6. The molecule has 7 rings (SSSR count). The number of carbonyl (C=O) groups is 4. The lowest BCUT2D eigenvalue weighted by molar-refractivity contribution is -0.143. The zero-order valence-corrected chi connectivity index (χ0v) is 32.1. The number of carbonyl (C=O) groups excluding carboxylic acids is 4. The summed E-state index contributed by atoms with van der Waals surface area (Å²) < 4.78 is 39.8. The summed E-state index contributed by atoms with van der Waals surface area (Å²) in [6, 6.07) is 5.02. The third kappa shape index (κ3) is 7.78. The Balaban J connectivity index is 1.18. The number of benzene rings is 1. The number of sulfonamides is 1. The van der Waals surface area contributed by atoms with Crippen molar-refractivity contribution in [1.29, 1.82) is 0 Å². The molecule has 3 aliphatic carbocycles. The van der Waals surface area contributed by atoms with E-state index in [-0.39, 0.29) is 31.4 Å². The molecule has 0 bridgehead atoms. The summed E-state index contributed by atoms with van der Waals surface area (Å²) in [5, 5.41) is 7.30. The van der Waals surface area contributed by atoms with Gasteiger partial charge in [-0.15, -0.1) is 17.9 Å². The highest BCUT2D eigenvalue weighted by Crippen LogP contribution is 2.46. The summed E-state index contributed by atoms with van der Waals surface area (Å²) >= 11 is 1.36. The largest absolute Gasteiger partial charge is 0.471 e. The van der Waals surface area contributed by atoms with Gasteiger partial charge in [0.15, 0.2) is 5.69 Å². The molecule has 3 saturated carbocycles. The van der Waals surface area contributed by atoms with Crippen LogP contribution >= 0.6 is 11.3 Å². The van der Waals surface area contributed by atoms with Crippen molar-refractivity contribution in [3.8, 4) is 16.6 Å². The molecule has 54 heavy (non-hydrogen) atoms. The monoisotopic (exact) mass is 779 g/mol. The van der Waals surface area contributed by atoms with E-state index in [0.717, 1.165) is 25.7 Å². The van der Waals surface area contributed by atoms with Crippen LogP contribution in [-0.4, -0.2) is 93.7 Å². The van der Waals surface area contributed by atoms with Crippen molar-refractivity contribution < 1.29 is 37.1 Å². The summed E-state index contributed by atoms with van der Waals surface area (Å²) in [5.74, 6) is -2.43. The Hall–Kier alpha value is -4.64. The highest BCUT2D eigenvalue weighted by atomic mass is 32.2. The van der Waals surface area contributed by atoms with Crippen molar-refractivity contribution in [3.63, 3.8) is 0 Å². The number of hydrogen-bond acceptors (Lipinski definition) is 12. The summed E-state index contributed by atoms with van der Waals surface area (Å²) in [4.78, 5) is 70.9. The first-order chi connectivity index (χ1) is 25.7. The lowest BCUT2D eigenvalue weighted by Crippen LogP contribution is -2.60. The van der Waals surface area contributed by atoms with Gasteiger partial charge in [0.2, 0.25) is 27.7 Å². The second-order valence-corrected chi connectivity index (χ2v) is 18.5. The molecule has 4 aliphatic rings. The molecule has 4 fully saturated rings. The number of alkyl carbamates (subject to hydrolysis) is 1. The van der Waals surface area contributed by atoms with Gasteiger partial charge in [-0.3, -0.25) is 19.1 Å². The van der Waals surface area contributed by atoms with Crippen LogP contribution in [-0.2, 0) is 29.1 Å². The van der Waals surface area contributed by atoms with Crippen LogP contribution < -0.4 is 20.1 Å². The van der Waals surface area contributed by atoms with E-state index in [4.69, 9.17) is 19.4 Å². The predicted octanol–water partition coefficient (Wildman–Crippen LogP) is 3.85. The Morgan fingerprint density at radius 3 is 2.37 bits per heavy atom. The smallest absolute Gasteiger partial charge is 0.408 e. The first kappa shape index (κ1) is 37.7. The summed E-state index contributed by atoms with van der Waals surface area (Å²) in [6.45, 7) is 9.11. The minimum Gasteiger partial charge on any atom is -0.471 e. The van der Waals surface area contributed by atoms with Gasteiger partial charge in [-0.05, 0) is 62.5 Å². The molecule has 3 N–H and O–H groups in total. The molecule has 1 saturated heterocycles. The fourth-order valence-corrected chi connectivity index (χ4v) is 9.20. The number of para-hydroxylation sites is 2. The Morgan fingerprint density at radius 1 is 1.06 bits per heavy atom. The number of amides is 4. The van der Waals surface area contributed by atoms with Gasteiger partial charge >= 0.3 is 6.09 Å². The zero-order chi connectivity index (χ0) is 38.4. The third-order valence-corrected chi connectivity index (χ3v) is 13.1. The molecule has 4 amide bonds. The molecule has 17 heteroatoms. The number of rotatable bonds is 12. The highest BCUT2D eigenvalue weighted by molar-refractivity contribution is 7.91. The second kappa shape index (κ2) is 14.5. The SMILES string of the molecule is C=C[C@@H]1CC1(NC(=O)[C@@H]1C[C@@H](Oc2nc3ccccc3nc2-c2nccs2)CN1C(=O)[C@@H](NC(=O)OC1CCCC1)C(C)(C)C)C(=O)NS(=O)(=O)C1CC1. The quantitative estimate of drug-likeness (QED) is 0.226. The molecule has 1 unspecified atom stereocenters. The van der Waals surface area contributed by atoms with Gasteiger partial charge in [-0.2, -0.15) is 0 Å². The normalized spacial score (nSPS) is 24.8. The number of fused-ring (bicyclic) bond motifs is 1. The van der Waals surface area contributed by atoms with Crippen LogP contribution in [0.4, 0.5) is 4.79 Å². The van der Waals surface area contributed by atoms with Gasteiger partial charge in [0.1, 0.15) is 34.8 Å². The molecule has 1 aromatic carbocycles. The highest BCUT2D eigenvalue weighted by Gasteiger charge is 2.62. The Kier molecular flexibility index (Phi) is 10.1. The van der Waals surface area contributed by atoms with Crippen molar-refractivity contribution in [1.82, 2.24) is 35.2 Å². The maximum atomic E-state index is 14.6. The van der Waals surface area contributed by atoms with Crippen molar-refractivity contribution in [2.24, 2.45) is 11.3 Å². The standard InChI is InChI=1S/C37H45N7O8S2/c1-5-21-19-37(21,34(47)43-54(49,50)24-14-15-24)42-30(45)27-18-23(51-31-28(32-38-16-17-53-32)39-25-12-8-9-13-26(25)40-31)20-44(27)33(46)29(36(2,3)4)41-35(48)52-22-10-6-7-11-22/h5,8-9,12-13,16-17,21-24,27,29H,1,6-7,10-11,14-15,18-20H2,2-4H3,(H,41,48)(H,42,45)(H,43,47)/t21-,23-,27+,29-,37?/m1/s1. The molecule has 2 aromatic heterocycles. The molecular weight excluding hydrogens is 735 g/mol. The van der Waals surface area contributed by atoms with Crippen LogP contribution in [0.1, 0.15) is 72.1 Å². The van der Waals surface area contributed by atoms with Crippen LogP contribution in [0.25, 0.3) is 21.7 Å². The Labute approximate surface area is 317 Å². The van der Waals surface area contributed by atoms with E-state index >= 15 is 0 Å². The molecular formula is C37H45N7O8S2. The van der Waals surface area contributed by atoms with Gasteiger partial charge in [-0.25, -0.2) is 28.2 Å². The van der Waals surface area contributed by atoms with Crippen molar-refractivity contribution >= 4 is 56.2 Å². The third-order valence-electron chi connectivity index (χ3n) is 10.5. The topological polar surface area (TPSA) is 199 Å². The van der Waals surface area contributed by atoms with E-state index in [2.05, 4.69) is 26.9 Å². The maximum absolute atomic E-state index is 14.6. The lowest BCUT2D eigenvalue weighted by Gasteiger charge is -2.35.